The molecule has 0 saturated heterocycles. The maximum absolute atomic E-state index is 10.0. The normalized spacial score (nSPS) is 8.62. The van der Waals surface area contributed by atoms with E-state index in [0.717, 1.165) is 0 Å². The Hall–Kier alpha value is 0.330. The summed E-state index contributed by atoms with van der Waals surface area (Å²) < 4.78 is 0. The Kier molecular flexibility index (Phi) is 15.2. The van der Waals surface area contributed by atoms with E-state index in [1.165, 1.54) is 0 Å². The van der Waals surface area contributed by atoms with Gasteiger partial charge in [-0.2, -0.15) is 0 Å². The van der Waals surface area contributed by atoms with E-state index in [0.29, 0.717) is 0 Å². The average molecular weight is 245 g/mol. The van der Waals surface area contributed by atoms with Gasteiger partial charge in [0.2, 0.25) is 0 Å². The summed E-state index contributed by atoms with van der Waals surface area (Å²) in [6.45, 7) is 7.26. The lowest BCUT2D eigenvalue weighted by Crippen LogP contribution is -1.95. The Bertz CT molecular complexity index is 140. The first-order chi connectivity index (χ1) is 5.29. The van der Waals surface area contributed by atoms with Crippen molar-refractivity contribution in [2.24, 2.45) is 11.8 Å². The maximum Gasteiger partial charge on any atom is 0.188 e. The van der Waals surface area contributed by atoms with Crippen LogP contribution in [0.4, 0.5) is 0 Å². The van der Waals surface area contributed by atoms with Crippen molar-refractivity contribution in [3.63, 3.8) is 0 Å². The molecule has 0 aliphatic carbocycles. The highest BCUT2D eigenvalue weighted by molar-refractivity contribution is 7.96. The minimum Gasteiger partial charge on any atom is -0.287 e. The molecule has 0 atom stereocenters. The SMILES string of the molecule is CC(C)C(=O)S.CC(C)C(=O)S.Cl. The number of halogens is 1. The second kappa shape index (κ2) is 10.4. The van der Waals surface area contributed by atoms with Gasteiger partial charge in [0, 0.05) is 11.8 Å². The van der Waals surface area contributed by atoms with E-state index in [-0.39, 0.29) is 34.5 Å². The van der Waals surface area contributed by atoms with Crippen molar-refractivity contribution in [1.29, 1.82) is 0 Å². The van der Waals surface area contributed by atoms with E-state index >= 15 is 0 Å². The fourth-order valence-corrected chi connectivity index (χ4v) is 0. The molecule has 0 amide bonds. The van der Waals surface area contributed by atoms with Gasteiger partial charge < -0.3 is 0 Å². The second-order valence-electron chi connectivity index (χ2n) is 2.99. The molecule has 0 spiro atoms. The maximum atomic E-state index is 10.0. The first-order valence-corrected chi connectivity index (χ1v) is 4.64. The number of thiol groups is 2. The van der Waals surface area contributed by atoms with Crippen molar-refractivity contribution in [3.8, 4) is 0 Å². The van der Waals surface area contributed by atoms with Crippen LogP contribution in [-0.2, 0) is 9.59 Å². The lowest BCUT2D eigenvalue weighted by atomic mass is 10.3. The van der Waals surface area contributed by atoms with E-state index in [1.54, 1.807) is 0 Å². The summed E-state index contributed by atoms with van der Waals surface area (Å²) in [7, 11) is 0. The van der Waals surface area contributed by atoms with Gasteiger partial charge in [-0.25, -0.2) is 0 Å². The molecule has 0 rings (SSSR count). The molecule has 5 heteroatoms. The van der Waals surface area contributed by atoms with E-state index in [4.69, 9.17) is 0 Å². The van der Waals surface area contributed by atoms with Gasteiger partial charge in [-0.3, -0.25) is 9.59 Å². The Labute approximate surface area is 97.1 Å². The zero-order valence-corrected chi connectivity index (χ0v) is 10.9. The van der Waals surface area contributed by atoms with Gasteiger partial charge in [0.15, 0.2) is 10.2 Å². The van der Waals surface area contributed by atoms with Crippen molar-refractivity contribution in [3.05, 3.63) is 0 Å². The summed E-state index contributed by atoms with van der Waals surface area (Å²) in [6.07, 6.45) is 0. The smallest absolute Gasteiger partial charge is 0.188 e. The lowest BCUT2D eigenvalue weighted by molar-refractivity contribution is -0.114. The van der Waals surface area contributed by atoms with E-state index in [2.05, 4.69) is 25.3 Å². The summed E-state index contributed by atoms with van der Waals surface area (Å²) in [5.41, 5.74) is 0. The van der Waals surface area contributed by atoms with Crippen molar-refractivity contribution >= 4 is 47.9 Å². The van der Waals surface area contributed by atoms with Gasteiger partial charge in [0.05, 0.1) is 0 Å². The highest BCUT2D eigenvalue weighted by atomic mass is 35.5. The predicted octanol–water partition coefficient (Wildman–Crippen LogP) is 2.62. The minimum absolute atomic E-state index is 0. The van der Waals surface area contributed by atoms with Gasteiger partial charge in [0.1, 0.15) is 0 Å². The zero-order chi connectivity index (χ0) is 10.3. The molecular formula is C8H17ClO2S2. The van der Waals surface area contributed by atoms with E-state index in [9.17, 15) is 9.59 Å². The molecule has 0 heterocycles. The van der Waals surface area contributed by atoms with Gasteiger partial charge in [-0.1, -0.05) is 27.7 Å². The number of carbonyl (C=O) groups excluding carboxylic acids is 2. The molecule has 0 saturated carbocycles. The first-order valence-electron chi connectivity index (χ1n) is 3.74. The zero-order valence-electron chi connectivity index (χ0n) is 8.27. The molecule has 0 unspecified atom stereocenters. The van der Waals surface area contributed by atoms with Crippen molar-refractivity contribution in [2.45, 2.75) is 27.7 Å². The molecule has 0 bridgehead atoms. The highest BCUT2D eigenvalue weighted by Gasteiger charge is 1.96. The fourth-order valence-electron chi connectivity index (χ4n) is 0. The summed E-state index contributed by atoms with van der Waals surface area (Å²) in [5.74, 6) is 0.154. The third-order valence-corrected chi connectivity index (χ3v) is 2.02. The second-order valence-corrected chi connectivity index (χ2v) is 3.87. The van der Waals surface area contributed by atoms with Crippen LogP contribution in [-0.4, -0.2) is 10.2 Å². The first kappa shape index (κ1) is 19.0. The molecule has 13 heavy (non-hydrogen) atoms. The molecule has 0 radical (unpaired) electrons. The third-order valence-electron chi connectivity index (χ3n) is 0.988. The summed E-state index contributed by atoms with van der Waals surface area (Å²) in [5, 5.41) is -0.0926. The van der Waals surface area contributed by atoms with Crippen LogP contribution in [0.25, 0.3) is 0 Å². The third kappa shape index (κ3) is 19.0. The number of hydrogen-bond donors (Lipinski definition) is 2. The van der Waals surface area contributed by atoms with Crippen LogP contribution in [0.3, 0.4) is 0 Å². The minimum atomic E-state index is -0.0463. The molecule has 0 aromatic rings. The average Bonchev–Trinajstić information content (AvgIpc) is 1.88. The van der Waals surface area contributed by atoms with Crippen LogP contribution in [0.2, 0.25) is 0 Å². The largest absolute Gasteiger partial charge is 0.287 e. The van der Waals surface area contributed by atoms with Crippen LogP contribution in [0.5, 0.6) is 0 Å². The van der Waals surface area contributed by atoms with Gasteiger partial charge in [0.25, 0.3) is 0 Å². The van der Waals surface area contributed by atoms with Crippen molar-refractivity contribution in [1.82, 2.24) is 0 Å². The molecule has 0 aromatic heterocycles. The van der Waals surface area contributed by atoms with Gasteiger partial charge in [-0.15, -0.1) is 37.7 Å². The van der Waals surface area contributed by atoms with Crippen LogP contribution >= 0.6 is 37.7 Å². The Morgan fingerprint density at radius 3 is 0.923 bits per heavy atom. The van der Waals surface area contributed by atoms with Crippen molar-refractivity contribution in [2.75, 3.05) is 0 Å². The summed E-state index contributed by atoms with van der Waals surface area (Å²) in [6, 6.07) is 0. The standard InChI is InChI=1S/2C4H8OS.ClH/c2*1-3(2)4(5)6;/h2*3H,1-2H3,(H,5,6);1H. The molecule has 0 N–H and O–H groups in total. The van der Waals surface area contributed by atoms with Gasteiger partial charge >= 0.3 is 0 Å². The van der Waals surface area contributed by atoms with Crippen LogP contribution in [0.1, 0.15) is 27.7 Å². The molecule has 0 fully saturated rings. The van der Waals surface area contributed by atoms with Crippen LogP contribution in [0, 0.1) is 11.8 Å². The molecular weight excluding hydrogens is 228 g/mol. The molecule has 80 valence electrons. The van der Waals surface area contributed by atoms with E-state index < -0.39 is 0 Å². The Balaban J connectivity index is -0.000000143. The Morgan fingerprint density at radius 1 is 0.846 bits per heavy atom. The number of carbonyl (C=O) groups is 2. The molecule has 2 nitrogen and oxygen atoms in total. The van der Waals surface area contributed by atoms with E-state index in [1.807, 2.05) is 27.7 Å². The molecule has 0 aliphatic rings. The summed E-state index contributed by atoms with van der Waals surface area (Å²) in [4.78, 5) is 20.0. The Morgan fingerprint density at radius 2 is 0.923 bits per heavy atom. The predicted molar refractivity (Wildman–Crippen MR) is 64.9 cm³/mol. The summed E-state index contributed by atoms with van der Waals surface area (Å²) >= 11 is 7.11. The highest BCUT2D eigenvalue weighted by Crippen LogP contribution is 1.95. The van der Waals surface area contributed by atoms with Crippen LogP contribution < -0.4 is 0 Å². The topological polar surface area (TPSA) is 34.1 Å². The number of hydrogen-bond acceptors (Lipinski definition) is 2. The lowest BCUT2D eigenvalue weighted by Gasteiger charge is -1.89. The number of rotatable bonds is 2. The van der Waals surface area contributed by atoms with Crippen molar-refractivity contribution < 1.29 is 9.59 Å². The molecule has 0 aromatic carbocycles. The fraction of sp³-hybridized carbons (Fsp3) is 0.750. The monoisotopic (exact) mass is 244 g/mol. The van der Waals surface area contributed by atoms with Crippen LogP contribution in [0.15, 0.2) is 0 Å². The quantitative estimate of drug-likeness (QED) is 0.733. The molecule has 0 aliphatic heterocycles. The van der Waals surface area contributed by atoms with Gasteiger partial charge in [-0.05, 0) is 0 Å².